The standard InChI is InChI=1S/C8H8N2/c1-2-8-7(6-9)4-3-5-10-8/h1,3-5H,6,9H2. The summed E-state index contributed by atoms with van der Waals surface area (Å²) in [6.45, 7) is 0.452. The Kier molecular flexibility index (Phi) is 2.03. The molecule has 0 aromatic carbocycles. The molecule has 10 heavy (non-hydrogen) atoms. The number of terminal acetylenes is 1. The molecule has 2 nitrogen and oxygen atoms in total. The Labute approximate surface area is 60.1 Å². The van der Waals surface area contributed by atoms with Crippen LogP contribution in [-0.2, 0) is 6.54 Å². The molecule has 1 aromatic rings. The second kappa shape index (κ2) is 3.00. The highest BCUT2D eigenvalue weighted by Gasteiger charge is 1.94. The highest BCUT2D eigenvalue weighted by molar-refractivity contribution is 5.32. The Balaban J connectivity index is 3.12. The average Bonchev–Trinajstić information content (AvgIpc) is 2.04. The van der Waals surface area contributed by atoms with Gasteiger partial charge in [0, 0.05) is 12.7 Å². The molecule has 0 bridgehead atoms. The number of nitrogens with zero attached hydrogens (tertiary/aromatic N) is 1. The van der Waals surface area contributed by atoms with E-state index in [1.165, 1.54) is 0 Å². The number of hydrogen-bond acceptors (Lipinski definition) is 2. The fourth-order valence-electron chi connectivity index (χ4n) is 0.733. The Morgan fingerprint density at radius 1 is 1.70 bits per heavy atom. The van der Waals surface area contributed by atoms with Gasteiger partial charge in [-0.1, -0.05) is 6.07 Å². The quantitative estimate of drug-likeness (QED) is 0.566. The van der Waals surface area contributed by atoms with Crippen molar-refractivity contribution in [2.45, 2.75) is 6.54 Å². The van der Waals surface area contributed by atoms with E-state index in [1.54, 1.807) is 6.20 Å². The summed E-state index contributed by atoms with van der Waals surface area (Å²) in [6.07, 6.45) is 6.82. The molecule has 2 heteroatoms. The molecule has 1 aromatic heterocycles. The zero-order chi connectivity index (χ0) is 7.40. The highest BCUT2D eigenvalue weighted by Crippen LogP contribution is 2.00. The van der Waals surface area contributed by atoms with Crippen LogP contribution in [0.1, 0.15) is 11.3 Å². The van der Waals surface area contributed by atoms with Crippen LogP contribution in [0.5, 0.6) is 0 Å². The first-order valence-electron chi connectivity index (χ1n) is 2.99. The zero-order valence-electron chi connectivity index (χ0n) is 5.54. The molecular weight excluding hydrogens is 124 g/mol. The van der Waals surface area contributed by atoms with Gasteiger partial charge in [-0.15, -0.1) is 6.42 Å². The van der Waals surface area contributed by atoms with E-state index in [9.17, 15) is 0 Å². The van der Waals surface area contributed by atoms with Crippen LogP contribution in [0.2, 0.25) is 0 Å². The number of aromatic nitrogens is 1. The van der Waals surface area contributed by atoms with Gasteiger partial charge in [-0.25, -0.2) is 4.98 Å². The molecule has 0 atom stereocenters. The first-order chi connectivity index (χ1) is 4.88. The Morgan fingerprint density at radius 2 is 2.50 bits per heavy atom. The fourth-order valence-corrected chi connectivity index (χ4v) is 0.733. The molecule has 0 fully saturated rings. The summed E-state index contributed by atoms with van der Waals surface area (Å²) < 4.78 is 0. The molecule has 0 radical (unpaired) electrons. The third kappa shape index (κ3) is 1.15. The van der Waals surface area contributed by atoms with E-state index >= 15 is 0 Å². The van der Waals surface area contributed by atoms with Crippen molar-refractivity contribution in [3.63, 3.8) is 0 Å². The Morgan fingerprint density at radius 3 is 3.00 bits per heavy atom. The van der Waals surface area contributed by atoms with Crippen molar-refractivity contribution in [1.82, 2.24) is 4.98 Å². The van der Waals surface area contributed by atoms with Gasteiger partial charge in [-0.2, -0.15) is 0 Å². The van der Waals surface area contributed by atoms with E-state index in [0.29, 0.717) is 12.2 Å². The maximum absolute atomic E-state index is 5.39. The van der Waals surface area contributed by atoms with E-state index in [-0.39, 0.29) is 0 Å². The predicted octanol–water partition coefficient (Wildman–Crippen LogP) is 0.522. The van der Waals surface area contributed by atoms with E-state index in [0.717, 1.165) is 5.56 Å². The predicted molar refractivity (Wildman–Crippen MR) is 40.1 cm³/mol. The van der Waals surface area contributed by atoms with Crippen molar-refractivity contribution in [2.24, 2.45) is 5.73 Å². The van der Waals surface area contributed by atoms with Crippen LogP contribution in [0.25, 0.3) is 0 Å². The number of hydrogen-bond donors (Lipinski definition) is 1. The summed E-state index contributed by atoms with van der Waals surface area (Å²) in [4.78, 5) is 3.95. The van der Waals surface area contributed by atoms with Gasteiger partial charge < -0.3 is 5.73 Å². The van der Waals surface area contributed by atoms with Crippen LogP contribution in [0.3, 0.4) is 0 Å². The van der Waals surface area contributed by atoms with Crippen molar-refractivity contribution >= 4 is 0 Å². The third-order valence-corrected chi connectivity index (χ3v) is 1.25. The summed E-state index contributed by atoms with van der Waals surface area (Å²) in [6, 6.07) is 3.70. The molecule has 0 aliphatic carbocycles. The van der Waals surface area contributed by atoms with Crippen molar-refractivity contribution in [3.05, 3.63) is 29.6 Å². The lowest BCUT2D eigenvalue weighted by molar-refractivity contribution is 1.04. The summed E-state index contributed by atoms with van der Waals surface area (Å²) >= 11 is 0. The molecule has 0 aliphatic rings. The third-order valence-electron chi connectivity index (χ3n) is 1.25. The molecular formula is C8H8N2. The minimum absolute atomic E-state index is 0.452. The summed E-state index contributed by atoms with van der Waals surface area (Å²) in [5.41, 5.74) is 6.96. The molecule has 2 N–H and O–H groups in total. The molecule has 1 heterocycles. The minimum Gasteiger partial charge on any atom is -0.326 e. The van der Waals surface area contributed by atoms with Gasteiger partial charge in [0.1, 0.15) is 5.69 Å². The minimum atomic E-state index is 0.452. The second-order valence-electron chi connectivity index (χ2n) is 1.86. The van der Waals surface area contributed by atoms with Gasteiger partial charge >= 0.3 is 0 Å². The summed E-state index contributed by atoms with van der Waals surface area (Å²) in [7, 11) is 0. The van der Waals surface area contributed by atoms with Gasteiger partial charge in [0.25, 0.3) is 0 Å². The van der Waals surface area contributed by atoms with E-state index in [1.807, 2.05) is 12.1 Å². The van der Waals surface area contributed by atoms with Gasteiger partial charge in [0.2, 0.25) is 0 Å². The molecule has 0 saturated heterocycles. The summed E-state index contributed by atoms with van der Waals surface area (Å²) in [5.74, 6) is 2.46. The van der Waals surface area contributed by atoms with Gasteiger partial charge in [0.05, 0.1) is 0 Å². The molecule has 0 spiro atoms. The van der Waals surface area contributed by atoms with E-state index in [2.05, 4.69) is 10.9 Å². The lowest BCUT2D eigenvalue weighted by Gasteiger charge is -1.96. The number of rotatable bonds is 1. The van der Waals surface area contributed by atoms with Crippen LogP contribution in [0, 0.1) is 12.3 Å². The SMILES string of the molecule is C#Cc1ncccc1CN. The van der Waals surface area contributed by atoms with Crippen LogP contribution >= 0.6 is 0 Å². The monoisotopic (exact) mass is 132 g/mol. The topological polar surface area (TPSA) is 38.9 Å². The first kappa shape index (κ1) is 6.79. The molecule has 1 rings (SSSR count). The van der Waals surface area contributed by atoms with Gasteiger partial charge in [-0.3, -0.25) is 0 Å². The highest BCUT2D eigenvalue weighted by atomic mass is 14.7. The van der Waals surface area contributed by atoms with Crippen molar-refractivity contribution < 1.29 is 0 Å². The van der Waals surface area contributed by atoms with Crippen LogP contribution in [-0.4, -0.2) is 4.98 Å². The lowest BCUT2D eigenvalue weighted by atomic mass is 10.2. The molecule has 0 amide bonds. The largest absolute Gasteiger partial charge is 0.326 e. The molecule has 0 aliphatic heterocycles. The van der Waals surface area contributed by atoms with Crippen molar-refractivity contribution in [1.29, 1.82) is 0 Å². The van der Waals surface area contributed by atoms with E-state index in [4.69, 9.17) is 12.2 Å². The van der Waals surface area contributed by atoms with Crippen LogP contribution in [0.4, 0.5) is 0 Å². The van der Waals surface area contributed by atoms with Gasteiger partial charge in [-0.05, 0) is 17.6 Å². The molecule has 50 valence electrons. The maximum atomic E-state index is 5.39. The second-order valence-corrected chi connectivity index (χ2v) is 1.86. The van der Waals surface area contributed by atoms with E-state index < -0.39 is 0 Å². The number of pyridine rings is 1. The maximum Gasteiger partial charge on any atom is 0.117 e. The molecule has 0 unspecified atom stereocenters. The van der Waals surface area contributed by atoms with Crippen LogP contribution < -0.4 is 5.73 Å². The fraction of sp³-hybridized carbons (Fsp3) is 0.125. The van der Waals surface area contributed by atoms with Crippen molar-refractivity contribution in [2.75, 3.05) is 0 Å². The lowest BCUT2D eigenvalue weighted by Crippen LogP contribution is -2.00. The normalized spacial score (nSPS) is 8.80. The van der Waals surface area contributed by atoms with Crippen LogP contribution in [0.15, 0.2) is 18.3 Å². The molecule has 0 saturated carbocycles. The van der Waals surface area contributed by atoms with Gasteiger partial charge in [0.15, 0.2) is 0 Å². The Hall–Kier alpha value is -1.33. The first-order valence-corrected chi connectivity index (χ1v) is 2.99. The zero-order valence-corrected chi connectivity index (χ0v) is 5.54. The summed E-state index contributed by atoms with van der Waals surface area (Å²) in [5, 5.41) is 0. The smallest absolute Gasteiger partial charge is 0.117 e. The number of nitrogens with two attached hydrogens (primary N) is 1. The average molecular weight is 132 g/mol. The Bertz CT molecular complexity index is 260. The van der Waals surface area contributed by atoms with Crippen molar-refractivity contribution in [3.8, 4) is 12.3 Å².